The zero-order valence-electron chi connectivity index (χ0n) is 8.55. The maximum atomic E-state index is 11.6. The van der Waals surface area contributed by atoms with Crippen molar-refractivity contribution in [2.75, 3.05) is 13.1 Å². The van der Waals surface area contributed by atoms with Crippen molar-refractivity contribution in [1.29, 1.82) is 0 Å². The van der Waals surface area contributed by atoms with Crippen LogP contribution in [0.4, 0.5) is 0 Å². The van der Waals surface area contributed by atoms with Gasteiger partial charge in [0.1, 0.15) is 6.04 Å². The second kappa shape index (κ2) is 5.76. The summed E-state index contributed by atoms with van der Waals surface area (Å²) in [5.41, 5.74) is 0. The van der Waals surface area contributed by atoms with E-state index in [1.165, 1.54) is 6.92 Å². The molecule has 82 valence electrons. The molecule has 1 rings (SSSR count). The number of rotatable bonds is 2. The average molecular weight is 273 g/mol. The SMILES string of the molecule is CC(=O)N1CCC[C@@H]1C(=O)NCC#CBr. The van der Waals surface area contributed by atoms with Crippen LogP contribution in [0, 0.1) is 10.8 Å². The summed E-state index contributed by atoms with van der Waals surface area (Å²) in [5.74, 6) is 2.52. The maximum absolute atomic E-state index is 11.6. The van der Waals surface area contributed by atoms with Gasteiger partial charge in [0.2, 0.25) is 11.8 Å². The molecule has 0 bridgehead atoms. The first-order valence-corrected chi connectivity index (χ1v) is 5.59. The molecule has 0 aliphatic carbocycles. The van der Waals surface area contributed by atoms with Crippen molar-refractivity contribution in [2.45, 2.75) is 25.8 Å². The summed E-state index contributed by atoms with van der Waals surface area (Å²) in [6.45, 7) is 2.48. The number of amides is 2. The summed E-state index contributed by atoms with van der Waals surface area (Å²) < 4.78 is 0. The summed E-state index contributed by atoms with van der Waals surface area (Å²) in [5, 5.41) is 2.67. The third kappa shape index (κ3) is 3.24. The van der Waals surface area contributed by atoms with Gasteiger partial charge in [0, 0.05) is 29.4 Å². The highest BCUT2D eigenvalue weighted by molar-refractivity contribution is 9.12. The van der Waals surface area contributed by atoms with Gasteiger partial charge in [-0.1, -0.05) is 5.92 Å². The Morgan fingerprint density at radius 2 is 2.33 bits per heavy atom. The average Bonchev–Trinajstić information content (AvgIpc) is 2.66. The van der Waals surface area contributed by atoms with Gasteiger partial charge < -0.3 is 10.2 Å². The summed E-state index contributed by atoms with van der Waals surface area (Å²) in [6.07, 6.45) is 1.63. The summed E-state index contributed by atoms with van der Waals surface area (Å²) in [6, 6.07) is -0.306. The second-order valence-electron chi connectivity index (χ2n) is 3.36. The Balaban J connectivity index is 2.50. The van der Waals surface area contributed by atoms with Crippen LogP contribution in [-0.4, -0.2) is 35.8 Å². The molecule has 0 aromatic carbocycles. The van der Waals surface area contributed by atoms with E-state index >= 15 is 0 Å². The molecule has 0 radical (unpaired) electrons. The second-order valence-corrected chi connectivity index (χ2v) is 3.76. The molecule has 1 saturated heterocycles. The molecular weight excluding hydrogens is 260 g/mol. The van der Waals surface area contributed by atoms with Crippen LogP contribution in [0.3, 0.4) is 0 Å². The molecular formula is C10H13BrN2O2. The zero-order chi connectivity index (χ0) is 11.3. The minimum absolute atomic E-state index is 0.0424. The molecule has 1 atom stereocenters. The zero-order valence-corrected chi connectivity index (χ0v) is 10.1. The Kier molecular flexibility index (Phi) is 4.63. The van der Waals surface area contributed by atoms with Gasteiger partial charge in [0.15, 0.2) is 0 Å². The third-order valence-electron chi connectivity index (χ3n) is 2.38. The van der Waals surface area contributed by atoms with Crippen LogP contribution in [0.5, 0.6) is 0 Å². The van der Waals surface area contributed by atoms with Crippen LogP contribution < -0.4 is 5.32 Å². The van der Waals surface area contributed by atoms with Gasteiger partial charge in [-0.05, 0) is 17.7 Å². The van der Waals surface area contributed by atoms with Crippen molar-refractivity contribution in [3.63, 3.8) is 0 Å². The van der Waals surface area contributed by atoms with Gasteiger partial charge in [0.05, 0.1) is 6.54 Å². The van der Waals surface area contributed by atoms with Gasteiger partial charge >= 0.3 is 0 Å². The van der Waals surface area contributed by atoms with E-state index < -0.39 is 0 Å². The number of halogens is 1. The number of nitrogens with zero attached hydrogens (tertiary/aromatic N) is 1. The van der Waals surface area contributed by atoms with E-state index in [4.69, 9.17) is 0 Å². The third-order valence-corrected chi connectivity index (χ3v) is 2.66. The van der Waals surface area contributed by atoms with Gasteiger partial charge in [-0.25, -0.2) is 0 Å². The smallest absolute Gasteiger partial charge is 0.243 e. The fourth-order valence-electron chi connectivity index (χ4n) is 1.70. The number of hydrogen-bond acceptors (Lipinski definition) is 2. The Morgan fingerprint density at radius 1 is 1.60 bits per heavy atom. The highest BCUT2D eigenvalue weighted by Crippen LogP contribution is 2.16. The lowest BCUT2D eigenvalue weighted by Gasteiger charge is -2.21. The normalized spacial score (nSPS) is 19.3. The summed E-state index contributed by atoms with van der Waals surface area (Å²) >= 11 is 2.94. The van der Waals surface area contributed by atoms with Crippen LogP contribution in [0.25, 0.3) is 0 Å². The summed E-state index contributed by atoms with van der Waals surface area (Å²) in [4.78, 5) is 27.0. The number of carbonyl (C=O) groups excluding carboxylic acids is 2. The molecule has 4 nitrogen and oxygen atoms in total. The first-order chi connectivity index (χ1) is 7.16. The molecule has 0 aromatic rings. The van der Waals surface area contributed by atoms with Gasteiger partial charge in [-0.3, -0.25) is 9.59 Å². The molecule has 15 heavy (non-hydrogen) atoms. The van der Waals surface area contributed by atoms with E-state index in [0.717, 1.165) is 12.8 Å². The highest BCUT2D eigenvalue weighted by Gasteiger charge is 2.31. The van der Waals surface area contributed by atoms with E-state index in [-0.39, 0.29) is 17.9 Å². The van der Waals surface area contributed by atoms with Gasteiger partial charge in [0.25, 0.3) is 0 Å². The maximum Gasteiger partial charge on any atom is 0.243 e. The number of carbonyl (C=O) groups is 2. The van der Waals surface area contributed by atoms with Crippen LogP contribution in [0.15, 0.2) is 0 Å². The lowest BCUT2D eigenvalue weighted by atomic mass is 10.2. The fourth-order valence-corrected chi connectivity index (χ4v) is 1.84. The molecule has 0 saturated carbocycles. The summed E-state index contributed by atoms with van der Waals surface area (Å²) in [7, 11) is 0. The Hall–Kier alpha value is -1.02. The lowest BCUT2D eigenvalue weighted by Crippen LogP contribution is -2.45. The van der Waals surface area contributed by atoms with Crippen molar-refractivity contribution in [2.24, 2.45) is 0 Å². The van der Waals surface area contributed by atoms with E-state index in [2.05, 4.69) is 32.0 Å². The van der Waals surface area contributed by atoms with E-state index in [0.29, 0.717) is 13.1 Å². The molecule has 1 aliphatic heterocycles. The number of hydrogen-bond donors (Lipinski definition) is 1. The largest absolute Gasteiger partial charge is 0.343 e. The first kappa shape index (κ1) is 12.1. The van der Waals surface area contributed by atoms with E-state index in [1.54, 1.807) is 4.90 Å². The molecule has 0 unspecified atom stereocenters. The van der Waals surface area contributed by atoms with Crippen LogP contribution in [0.1, 0.15) is 19.8 Å². The fraction of sp³-hybridized carbons (Fsp3) is 0.600. The van der Waals surface area contributed by atoms with Gasteiger partial charge in [-0.2, -0.15) is 0 Å². The van der Waals surface area contributed by atoms with Gasteiger partial charge in [-0.15, -0.1) is 0 Å². The molecule has 1 aliphatic rings. The van der Waals surface area contributed by atoms with Crippen molar-refractivity contribution in [1.82, 2.24) is 10.2 Å². The van der Waals surface area contributed by atoms with Crippen LogP contribution >= 0.6 is 15.9 Å². The quantitative estimate of drug-likeness (QED) is 0.743. The van der Waals surface area contributed by atoms with Crippen molar-refractivity contribution in [3.05, 3.63) is 0 Å². The topological polar surface area (TPSA) is 49.4 Å². The first-order valence-electron chi connectivity index (χ1n) is 4.80. The van der Waals surface area contributed by atoms with E-state index in [9.17, 15) is 9.59 Å². The molecule has 5 heteroatoms. The molecule has 0 aromatic heterocycles. The van der Waals surface area contributed by atoms with Crippen LogP contribution in [-0.2, 0) is 9.59 Å². The standard InChI is InChI=1S/C10H13BrN2O2/c1-8(14)13-7-2-4-9(13)10(15)12-6-3-5-11/h9H,2,4,6-7H2,1H3,(H,12,15)/t9-/m1/s1. The minimum Gasteiger partial charge on any atom is -0.343 e. The minimum atomic E-state index is -0.306. The molecule has 2 amide bonds. The monoisotopic (exact) mass is 272 g/mol. The lowest BCUT2D eigenvalue weighted by molar-refractivity contribution is -0.136. The van der Waals surface area contributed by atoms with Crippen LogP contribution in [0.2, 0.25) is 0 Å². The molecule has 0 spiro atoms. The Morgan fingerprint density at radius 3 is 2.93 bits per heavy atom. The number of likely N-dealkylation sites (tertiary alicyclic amines) is 1. The highest BCUT2D eigenvalue weighted by atomic mass is 79.9. The molecule has 1 heterocycles. The predicted molar refractivity (Wildman–Crippen MR) is 60.1 cm³/mol. The van der Waals surface area contributed by atoms with Crippen molar-refractivity contribution in [3.8, 4) is 10.8 Å². The number of nitrogens with one attached hydrogen (secondary N) is 1. The Bertz CT molecular complexity index is 319. The molecule has 1 N–H and O–H groups in total. The van der Waals surface area contributed by atoms with Crippen molar-refractivity contribution >= 4 is 27.7 Å². The van der Waals surface area contributed by atoms with E-state index in [1.807, 2.05) is 0 Å². The molecule has 1 fully saturated rings. The van der Waals surface area contributed by atoms with Crippen molar-refractivity contribution < 1.29 is 9.59 Å². The predicted octanol–water partition coefficient (Wildman–Crippen LogP) is 0.469. The Labute approximate surface area is 97.5 Å².